The van der Waals surface area contributed by atoms with Crippen molar-refractivity contribution in [2.45, 2.75) is 25.4 Å². The van der Waals surface area contributed by atoms with E-state index < -0.39 is 12.6 Å². The predicted octanol–water partition coefficient (Wildman–Crippen LogP) is 3.15. The molecule has 0 spiro atoms. The molecule has 0 aliphatic carbocycles. The number of halogens is 3. The van der Waals surface area contributed by atoms with E-state index in [2.05, 4.69) is 4.74 Å². The summed E-state index contributed by atoms with van der Waals surface area (Å²) in [7, 11) is 1.35. The van der Waals surface area contributed by atoms with E-state index in [1.807, 2.05) is 0 Å². The number of likely N-dealkylation sites (tertiary alicyclic amines) is 1. The molecule has 1 saturated heterocycles. The van der Waals surface area contributed by atoms with Crippen molar-refractivity contribution in [3.63, 3.8) is 0 Å². The molecule has 1 aliphatic rings. The standard InChI is InChI=1S/C11H18F3NO2S/c1-17-10(16)15-5-2-9(3-6-15)8-18-7-4-11(12,13)14/h9H,2-8H2,1H3. The first-order valence-corrected chi connectivity index (χ1v) is 7.05. The minimum absolute atomic E-state index is 0.126. The minimum Gasteiger partial charge on any atom is -0.453 e. The van der Waals surface area contributed by atoms with Crippen LogP contribution in [0.15, 0.2) is 0 Å². The lowest BCUT2D eigenvalue weighted by Gasteiger charge is -2.30. The van der Waals surface area contributed by atoms with Crippen LogP contribution in [0.5, 0.6) is 0 Å². The summed E-state index contributed by atoms with van der Waals surface area (Å²) in [6.45, 7) is 1.27. The van der Waals surface area contributed by atoms with Gasteiger partial charge in [-0.15, -0.1) is 0 Å². The lowest BCUT2D eigenvalue weighted by molar-refractivity contribution is -0.129. The minimum atomic E-state index is -4.05. The average molecular weight is 285 g/mol. The lowest BCUT2D eigenvalue weighted by Crippen LogP contribution is -2.38. The summed E-state index contributed by atoms with van der Waals surface area (Å²) in [6.07, 6.45) is -3.42. The highest BCUT2D eigenvalue weighted by Gasteiger charge is 2.27. The van der Waals surface area contributed by atoms with Crippen LogP contribution in [0.2, 0.25) is 0 Å². The third-order valence-electron chi connectivity index (χ3n) is 2.93. The highest BCUT2D eigenvalue weighted by atomic mass is 32.2. The van der Waals surface area contributed by atoms with Crippen LogP contribution in [0.4, 0.5) is 18.0 Å². The van der Waals surface area contributed by atoms with Crippen LogP contribution in [0.25, 0.3) is 0 Å². The topological polar surface area (TPSA) is 29.5 Å². The number of methoxy groups -OCH3 is 1. The van der Waals surface area contributed by atoms with Gasteiger partial charge in [0.15, 0.2) is 0 Å². The van der Waals surface area contributed by atoms with E-state index in [1.54, 1.807) is 4.90 Å². The van der Waals surface area contributed by atoms with Crippen LogP contribution >= 0.6 is 11.8 Å². The lowest BCUT2D eigenvalue weighted by atomic mass is 9.99. The van der Waals surface area contributed by atoms with Gasteiger partial charge in [-0.2, -0.15) is 24.9 Å². The van der Waals surface area contributed by atoms with Gasteiger partial charge in [-0.05, 0) is 24.5 Å². The highest BCUT2D eigenvalue weighted by molar-refractivity contribution is 7.99. The van der Waals surface area contributed by atoms with Crippen molar-refractivity contribution in [1.82, 2.24) is 4.90 Å². The van der Waals surface area contributed by atoms with E-state index in [0.29, 0.717) is 19.0 Å². The second kappa shape index (κ2) is 7.11. The number of alkyl halides is 3. The van der Waals surface area contributed by atoms with E-state index in [4.69, 9.17) is 0 Å². The average Bonchev–Trinajstić information content (AvgIpc) is 2.33. The van der Waals surface area contributed by atoms with E-state index in [1.165, 1.54) is 18.9 Å². The number of nitrogens with zero attached hydrogens (tertiary/aromatic N) is 1. The molecule has 1 amide bonds. The van der Waals surface area contributed by atoms with Gasteiger partial charge in [0.25, 0.3) is 0 Å². The Hall–Kier alpha value is -0.590. The molecule has 106 valence electrons. The van der Waals surface area contributed by atoms with E-state index in [9.17, 15) is 18.0 Å². The normalized spacial score (nSPS) is 17.9. The molecule has 0 saturated carbocycles. The molecule has 0 aromatic rings. The molecule has 1 rings (SSSR count). The molecule has 0 atom stereocenters. The first-order chi connectivity index (χ1) is 8.42. The van der Waals surface area contributed by atoms with Crippen molar-refractivity contribution < 1.29 is 22.7 Å². The molecule has 7 heteroatoms. The predicted molar refractivity (Wildman–Crippen MR) is 64.7 cm³/mol. The number of piperidine rings is 1. The molecule has 0 radical (unpaired) electrons. The first-order valence-electron chi connectivity index (χ1n) is 5.90. The Kier molecular flexibility index (Phi) is 6.11. The number of ether oxygens (including phenoxy) is 1. The van der Waals surface area contributed by atoms with Crippen LogP contribution in [0.1, 0.15) is 19.3 Å². The van der Waals surface area contributed by atoms with Crippen molar-refractivity contribution in [3.05, 3.63) is 0 Å². The monoisotopic (exact) mass is 285 g/mol. The molecule has 0 aromatic heterocycles. The van der Waals surface area contributed by atoms with Gasteiger partial charge < -0.3 is 9.64 Å². The summed E-state index contributed by atoms with van der Waals surface area (Å²) < 4.78 is 40.4. The summed E-state index contributed by atoms with van der Waals surface area (Å²) in [4.78, 5) is 12.9. The second-order valence-corrected chi connectivity index (χ2v) is 5.49. The highest BCUT2D eigenvalue weighted by Crippen LogP contribution is 2.26. The maximum Gasteiger partial charge on any atom is 0.409 e. The fourth-order valence-electron chi connectivity index (χ4n) is 1.85. The summed E-state index contributed by atoms with van der Waals surface area (Å²) in [6, 6.07) is 0. The van der Waals surface area contributed by atoms with Crippen LogP contribution in [-0.4, -0.2) is 48.9 Å². The molecule has 0 aromatic carbocycles. The van der Waals surface area contributed by atoms with Gasteiger partial charge in [0, 0.05) is 18.8 Å². The number of rotatable bonds is 4. The van der Waals surface area contributed by atoms with Crippen LogP contribution in [0, 0.1) is 5.92 Å². The van der Waals surface area contributed by atoms with Gasteiger partial charge in [0.1, 0.15) is 0 Å². The Morgan fingerprint density at radius 2 is 2.00 bits per heavy atom. The zero-order valence-corrected chi connectivity index (χ0v) is 11.1. The molecule has 3 nitrogen and oxygen atoms in total. The molecule has 0 unspecified atom stereocenters. The third-order valence-corrected chi connectivity index (χ3v) is 4.13. The fourth-order valence-corrected chi connectivity index (χ4v) is 3.06. The number of carbonyl (C=O) groups excluding carboxylic acids is 1. The quantitative estimate of drug-likeness (QED) is 0.743. The maximum absolute atomic E-state index is 11.9. The smallest absolute Gasteiger partial charge is 0.409 e. The molecular formula is C11H18F3NO2S. The van der Waals surface area contributed by atoms with Gasteiger partial charge in [-0.25, -0.2) is 4.79 Å². The second-order valence-electron chi connectivity index (χ2n) is 4.34. The molecule has 1 heterocycles. The Bertz CT molecular complexity index is 266. The number of hydrogen-bond donors (Lipinski definition) is 0. The Morgan fingerprint density at radius 3 is 2.50 bits per heavy atom. The zero-order valence-electron chi connectivity index (χ0n) is 10.3. The number of carbonyl (C=O) groups is 1. The molecule has 0 N–H and O–H groups in total. The summed E-state index contributed by atoms with van der Waals surface area (Å²) in [5, 5.41) is 0. The molecule has 1 aliphatic heterocycles. The Labute approximate surface area is 109 Å². The maximum atomic E-state index is 11.9. The SMILES string of the molecule is COC(=O)N1CCC(CSCCC(F)(F)F)CC1. The van der Waals surface area contributed by atoms with E-state index in [0.717, 1.165) is 18.6 Å². The van der Waals surface area contributed by atoms with Crippen molar-refractivity contribution in [2.24, 2.45) is 5.92 Å². The van der Waals surface area contributed by atoms with Crippen LogP contribution < -0.4 is 0 Å². The van der Waals surface area contributed by atoms with Crippen molar-refractivity contribution in [1.29, 1.82) is 0 Å². The molecular weight excluding hydrogens is 267 g/mol. The fraction of sp³-hybridized carbons (Fsp3) is 0.909. The number of hydrogen-bond acceptors (Lipinski definition) is 3. The summed E-state index contributed by atoms with van der Waals surface area (Å²) >= 11 is 1.35. The molecule has 18 heavy (non-hydrogen) atoms. The summed E-state index contributed by atoms with van der Waals surface area (Å²) in [5.74, 6) is 1.27. The van der Waals surface area contributed by atoms with Gasteiger partial charge in [0.05, 0.1) is 13.5 Å². The van der Waals surface area contributed by atoms with Crippen LogP contribution in [0.3, 0.4) is 0 Å². The largest absolute Gasteiger partial charge is 0.453 e. The van der Waals surface area contributed by atoms with E-state index in [-0.39, 0.29) is 11.8 Å². The summed E-state index contributed by atoms with van der Waals surface area (Å²) in [5.41, 5.74) is 0. The van der Waals surface area contributed by atoms with Crippen molar-refractivity contribution in [2.75, 3.05) is 31.7 Å². The van der Waals surface area contributed by atoms with E-state index >= 15 is 0 Å². The van der Waals surface area contributed by atoms with Gasteiger partial charge in [0.2, 0.25) is 0 Å². The van der Waals surface area contributed by atoms with Gasteiger partial charge >= 0.3 is 12.3 Å². The zero-order chi connectivity index (χ0) is 13.6. The van der Waals surface area contributed by atoms with Crippen LogP contribution in [-0.2, 0) is 4.74 Å². The molecule has 1 fully saturated rings. The Morgan fingerprint density at radius 1 is 1.39 bits per heavy atom. The Balaban J connectivity index is 2.11. The molecule has 0 bridgehead atoms. The van der Waals surface area contributed by atoms with Crippen molar-refractivity contribution in [3.8, 4) is 0 Å². The number of thioether (sulfide) groups is 1. The van der Waals surface area contributed by atoms with Gasteiger partial charge in [-0.3, -0.25) is 0 Å². The number of amides is 1. The van der Waals surface area contributed by atoms with Gasteiger partial charge in [-0.1, -0.05) is 0 Å². The first kappa shape index (κ1) is 15.5. The van der Waals surface area contributed by atoms with Crippen molar-refractivity contribution >= 4 is 17.9 Å². The third kappa shape index (κ3) is 5.84.